The molecule has 3 rings (SSSR count). The zero-order valence-corrected chi connectivity index (χ0v) is 17.9. The number of nitrogens with zero attached hydrogens (tertiary/aromatic N) is 1. The summed E-state index contributed by atoms with van der Waals surface area (Å²) in [5.41, 5.74) is 3.28. The zero-order chi connectivity index (χ0) is 22.4. The van der Waals surface area contributed by atoms with Crippen LogP contribution in [0.4, 0.5) is 5.69 Å². The standard InChI is InChI=1S/C21H24N4O5S/c1-2-15-4-3-5-19-16(14-23-21(15)19)10-12-22-20(26)11-13-24-31(29,30)18-8-6-17(7-9-18)25(27)28/h3-9,14,23-24H,2,10-13H2,1H3,(H,22,26). The molecule has 0 bridgehead atoms. The average molecular weight is 445 g/mol. The van der Waals surface area contributed by atoms with Crippen LogP contribution in [0.5, 0.6) is 0 Å². The van der Waals surface area contributed by atoms with Crippen molar-refractivity contribution in [2.24, 2.45) is 0 Å². The van der Waals surface area contributed by atoms with Gasteiger partial charge in [0.1, 0.15) is 0 Å². The fourth-order valence-corrected chi connectivity index (χ4v) is 4.36. The fourth-order valence-electron chi connectivity index (χ4n) is 3.33. The number of aromatic nitrogens is 1. The highest BCUT2D eigenvalue weighted by Crippen LogP contribution is 2.22. The summed E-state index contributed by atoms with van der Waals surface area (Å²) in [6.07, 6.45) is 3.53. The average Bonchev–Trinajstić information content (AvgIpc) is 3.17. The van der Waals surface area contributed by atoms with Crippen molar-refractivity contribution in [2.45, 2.75) is 31.1 Å². The minimum Gasteiger partial charge on any atom is -0.361 e. The molecule has 10 heteroatoms. The molecule has 2 aromatic carbocycles. The molecular formula is C21H24N4O5S. The molecule has 0 saturated heterocycles. The quantitative estimate of drug-likeness (QED) is 0.326. The van der Waals surface area contributed by atoms with Crippen molar-refractivity contribution in [3.63, 3.8) is 0 Å². The van der Waals surface area contributed by atoms with Crippen molar-refractivity contribution in [3.8, 4) is 0 Å². The lowest BCUT2D eigenvalue weighted by Crippen LogP contribution is -2.31. The van der Waals surface area contributed by atoms with E-state index in [0.29, 0.717) is 13.0 Å². The van der Waals surface area contributed by atoms with Gasteiger partial charge in [-0.15, -0.1) is 0 Å². The molecule has 0 atom stereocenters. The second kappa shape index (κ2) is 9.71. The van der Waals surface area contributed by atoms with Gasteiger partial charge in [-0.3, -0.25) is 14.9 Å². The van der Waals surface area contributed by atoms with E-state index in [-0.39, 0.29) is 29.5 Å². The molecule has 1 heterocycles. The van der Waals surface area contributed by atoms with E-state index in [9.17, 15) is 23.3 Å². The van der Waals surface area contributed by atoms with Crippen molar-refractivity contribution < 1.29 is 18.1 Å². The summed E-state index contributed by atoms with van der Waals surface area (Å²) in [5, 5.41) is 14.6. The predicted octanol–water partition coefficient (Wildman–Crippen LogP) is 2.67. The molecule has 1 aromatic heterocycles. The minimum absolute atomic E-state index is 0.0138. The maximum atomic E-state index is 12.2. The molecule has 0 spiro atoms. The van der Waals surface area contributed by atoms with Crippen LogP contribution in [0.2, 0.25) is 0 Å². The number of nitrogens with one attached hydrogen (secondary N) is 3. The first kappa shape index (κ1) is 22.4. The molecule has 3 aromatic rings. The number of nitro benzene ring substituents is 1. The number of non-ortho nitro benzene ring substituents is 1. The summed E-state index contributed by atoms with van der Waals surface area (Å²) >= 11 is 0. The Morgan fingerprint density at radius 1 is 1.10 bits per heavy atom. The molecule has 0 radical (unpaired) electrons. The summed E-state index contributed by atoms with van der Waals surface area (Å²) in [6, 6.07) is 10.7. The number of benzene rings is 2. The highest BCUT2D eigenvalue weighted by molar-refractivity contribution is 7.89. The largest absolute Gasteiger partial charge is 0.361 e. The van der Waals surface area contributed by atoms with Crippen LogP contribution >= 0.6 is 0 Å². The molecule has 164 valence electrons. The fraction of sp³-hybridized carbons (Fsp3) is 0.286. The third kappa shape index (κ3) is 5.47. The van der Waals surface area contributed by atoms with E-state index in [0.717, 1.165) is 47.2 Å². The van der Waals surface area contributed by atoms with Crippen molar-refractivity contribution in [3.05, 3.63) is 69.9 Å². The third-order valence-corrected chi connectivity index (χ3v) is 6.46. The van der Waals surface area contributed by atoms with E-state index in [2.05, 4.69) is 34.1 Å². The van der Waals surface area contributed by atoms with Gasteiger partial charge in [0.15, 0.2) is 0 Å². The van der Waals surface area contributed by atoms with Gasteiger partial charge in [-0.25, -0.2) is 13.1 Å². The van der Waals surface area contributed by atoms with Gasteiger partial charge < -0.3 is 10.3 Å². The first-order valence-corrected chi connectivity index (χ1v) is 11.4. The number of sulfonamides is 1. The van der Waals surface area contributed by atoms with E-state index >= 15 is 0 Å². The Hall–Kier alpha value is -3.24. The van der Waals surface area contributed by atoms with Crippen LogP contribution in [0.25, 0.3) is 10.9 Å². The van der Waals surface area contributed by atoms with Crippen LogP contribution in [0.1, 0.15) is 24.5 Å². The van der Waals surface area contributed by atoms with Gasteiger partial charge in [-0.05, 0) is 36.1 Å². The van der Waals surface area contributed by atoms with Crippen LogP contribution in [-0.2, 0) is 27.7 Å². The highest BCUT2D eigenvalue weighted by Gasteiger charge is 2.16. The first-order chi connectivity index (χ1) is 14.8. The van der Waals surface area contributed by atoms with Gasteiger partial charge in [-0.1, -0.05) is 25.1 Å². The van der Waals surface area contributed by atoms with Gasteiger partial charge in [0.25, 0.3) is 5.69 Å². The SMILES string of the molecule is CCc1cccc2c(CCNC(=O)CCNS(=O)(=O)c3ccc([N+](=O)[O-])cc3)c[nH]c12. The van der Waals surface area contributed by atoms with Crippen LogP contribution in [0, 0.1) is 10.1 Å². The second-order valence-electron chi connectivity index (χ2n) is 7.01. The van der Waals surface area contributed by atoms with Crippen molar-refractivity contribution in [1.82, 2.24) is 15.0 Å². The molecule has 31 heavy (non-hydrogen) atoms. The topological polar surface area (TPSA) is 134 Å². The lowest BCUT2D eigenvalue weighted by molar-refractivity contribution is -0.384. The van der Waals surface area contributed by atoms with E-state index in [1.807, 2.05) is 12.3 Å². The normalized spacial score (nSPS) is 11.5. The van der Waals surface area contributed by atoms with Crippen molar-refractivity contribution in [2.75, 3.05) is 13.1 Å². The molecular weight excluding hydrogens is 420 g/mol. The molecule has 0 unspecified atom stereocenters. The Balaban J connectivity index is 1.46. The summed E-state index contributed by atoms with van der Waals surface area (Å²) in [6.45, 7) is 2.47. The molecule has 1 amide bonds. The van der Waals surface area contributed by atoms with E-state index in [1.165, 1.54) is 5.56 Å². The molecule has 0 aliphatic rings. The van der Waals surface area contributed by atoms with Crippen LogP contribution in [-0.4, -0.2) is 37.3 Å². The molecule has 0 aliphatic heterocycles. The second-order valence-corrected chi connectivity index (χ2v) is 8.77. The minimum atomic E-state index is -3.84. The Bertz CT molecular complexity index is 1190. The molecule has 0 aliphatic carbocycles. The Morgan fingerprint density at radius 2 is 1.84 bits per heavy atom. The number of amides is 1. The first-order valence-electron chi connectivity index (χ1n) is 9.90. The number of rotatable bonds is 10. The van der Waals surface area contributed by atoms with Crippen LogP contribution in [0.15, 0.2) is 53.6 Å². The van der Waals surface area contributed by atoms with Crippen molar-refractivity contribution >= 4 is 32.5 Å². The maximum absolute atomic E-state index is 12.2. The maximum Gasteiger partial charge on any atom is 0.269 e. The van der Waals surface area contributed by atoms with Crippen molar-refractivity contribution in [1.29, 1.82) is 0 Å². The Kier molecular flexibility index (Phi) is 7.03. The number of para-hydroxylation sites is 1. The third-order valence-electron chi connectivity index (χ3n) is 4.99. The smallest absolute Gasteiger partial charge is 0.269 e. The van der Waals surface area contributed by atoms with Gasteiger partial charge in [0, 0.05) is 48.7 Å². The number of aryl methyl sites for hydroxylation is 1. The lowest BCUT2D eigenvalue weighted by atomic mass is 10.1. The van der Waals surface area contributed by atoms with Gasteiger partial charge in [0.2, 0.25) is 15.9 Å². The van der Waals surface area contributed by atoms with E-state index in [1.54, 1.807) is 0 Å². The molecule has 0 fully saturated rings. The van der Waals surface area contributed by atoms with Crippen LogP contribution < -0.4 is 10.0 Å². The number of H-pyrrole nitrogens is 1. The Morgan fingerprint density at radius 3 is 2.52 bits per heavy atom. The summed E-state index contributed by atoms with van der Waals surface area (Å²) < 4.78 is 26.8. The number of hydrogen-bond donors (Lipinski definition) is 3. The number of aromatic amines is 1. The van der Waals surface area contributed by atoms with E-state index < -0.39 is 14.9 Å². The van der Waals surface area contributed by atoms with Gasteiger partial charge >= 0.3 is 0 Å². The number of nitro groups is 1. The van der Waals surface area contributed by atoms with Crippen LogP contribution in [0.3, 0.4) is 0 Å². The van der Waals surface area contributed by atoms with Gasteiger partial charge in [0.05, 0.1) is 9.82 Å². The molecule has 3 N–H and O–H groups in total. The molecule has 9 nitrogen and oxygen atoms in total. The lowest BCUT2D eigenvalue weighted by Gasteiger charge is -2.08. The number of carbonyl (C=O) groups is 1. The zero-order valence-electron chi connectivity index (χ0n) is 17.1. The molecule has 0 saturated carbocycles. The summed E-state index contributed by atoms with van der Waals surface area (Å²) in [5.74, 6) is -0.263. The Labute approximate surface area is 180 Å². The summed E-state index contributed by atoms with van der Waals surface area (Å²) in [4.78, 5) is 25.3. The monoisotopic (exact) mass is 444 g/mol. The predicted molar refractivity (Wildman–Crippen MR) is 117 cm³/mol. The van der Waals surface area contributed by atoms with Gasteiger partial charge in [-0.2, -0.15) is 0 Å². The summed E-state index contributed by atoms with van der Waals surface area (Å²) in [7, 11) is -3.84. The number of fused-ring (bicyclic) bond motifs is 1. The number of carbonyl (C=O) groups excluding carboxylic acids is 1. The highest BCUT2D eigenvalue weighted by atomic mass is 32.2. The van der Waals surface area contributed by atoms with E-state index in [4.69, 9.17) is 0 Å². The number of hydrogen-bond acceptors (Lipinski definition) is 5.